The second kappa shape index (κ2) is 20.3. The molecule has 0 fully saturated rings. The molecule has 0 aliphatic rings. The highest BCUT2D eigenvalue weighted by molar-refractivity contribution is 5.79. The summed E-state index contributed by atoms with van der Waals surface area (Å²) in [5, 5.41) is 9.35. The Kier molecular flexibility index (Phi) is 16.0. The Morgan fingerprint density at radius 1 is 0.667 bits per heavy atom. The fraction of sp³-hybridized carbons (Fsp3) is 0.132. The predicted octanol–water partition coefficient (Wildman–Crippen LogP) is 7.81. The van der Waals surface area contributed by atoms with E-state index in [0.29, 0.717) is 54.1 Å². The first-order valence-corrected chi connectivity index (χ1v) is 14.0. The van der Waals surface area contributed by atoms with Gasteiger partial charge < -0.3 is 19.3 Å². The molecule has 0 aliphatic heterocycles. The average molecular weight is 607 g/mol. The second-order valence-electron chi connectivity index (χ2n) is 9.32. The van der Waals surface area contributed by atoms with E-state index in [1.165, 1.54) is 0 Å². The lowest BCUT2D eigenvalue weighted by atomic mass is 10.0. The number of allylic oxidation sites excluding steroid dienone is 2. The molecule has 4 aromatic rings. The van der Waals surface area contributed by atoms with Crippen molar-refractivity contribution in [2.24, 2.45) is 0 Å². The number of methoxy groups -OCH3 is 1. The standard InChI is InChI=1S/C18H18O3.2C10H10O2/c1-3-5-17-15(12-19)6-4-7-18(17)21-13-14-8-10-16(20-2)11-9-14;1-2-6-12-10-5-3-4-9(7-10)8-11;1-2-4-9-8(7-11)5-3-6-10(9)12/h3-4,6-12H,1,5,13H2,2H3;2-5,7-8H,1,6H2;2-3,5-7,12H,1,4H2. The minimum absolute atomic E-state index is 0.152. The van der Waals surface area contributed by atoms with Crippen LogP contribution in [-0.4, -0.2) is 37.7 Å². The number of phenolic OH excluding ortho intramolecular Hbond substituents is 1. The zero-order valence-electron chi connectivity index (χ0n) is 25.4. The summed E-state index contributed by atoms with van der Waals surface area (Å²) < 4.78 is 16.2. The third-order valence-corrected chi connectivity index (χ3v) is 6.22. The molecule has 0 bridgehead atoms. The van der Waals surface area contributed by atoms with Crippen LogP contribution in [0.2, 0.25) is 0 Å². The summed E-state index contributed by atoms with van der Waals surface area (Å²) in [5.41, 5.74) is 4.34. The molecule has 0 saturated carbocycles. The number of ether oxygens (including phenoxy) is 3. The first kappa shape index (κ1) is 35.5. The first-order chi connectivity index (χ1) is 21.9. The Balaban J connectivity index is 0.000000252. The second-order valence-corrected chi connectivity index (χ2v) is 9.32. The van der Waals surface area contributed by atoms with Crippen molar-refractivity contribution in [1.29, 1.82) is 0 Å². The van der Waals surface area contributed by atoms with Crippen LogP contribution in [0.3, 0.4) is 0 Å². The molecule has 1 N–H and O–H groups in total. The maximum Gasteiger partial charge on any atom is 0.150 e. The van der Waals surface area contributed by atoms with Gasteiger partial charge in [0, 0.05) is 27.8 Å². The van der Waals surface area contributed by atoms with Gasteiger partial charge in [0.05, 0.1) is 7.11 Å². The van der Waals surface area contributed by atoms with E-state index in [1.54, 1.807) is 73.9 Å². The first-order valence-electron chi connectivity index (χ1n) is 14.0. The smallest absolute Gasteiger partial charge is 0.150 e. The van der Waals surface area contributed by atoms with Crippen LogP contribution in [0.15, 0.2) is 123 Å². The third kappa shape index (κ3) is 11.8. The van der Waals surface area contributed by atoms with Gasteiger partial charge in [0.2, 0.25) is 0 Å². The third-order valence-electron chi connectivity index (χ3n) is 6.22. The van der Waals surface area contributed by atoms with E-state index in [2.05, 4.69) is 19.7 Å². The summed E-state index contributed by atoms with van der Waals surface area (Å²) >= 11 is 0. The van der Waals surface area contributed by atoms with E-state index >= 15 is 0 Å². The van der Waals surface area contributed by atoms with Crippen LogP contribution in [0.4, 0.5) is 0 Å². The summed E-state index contributed by atoms with van der Waals surface area (Å²) in [6, 6.07) is 25.1. The molecule has 0 aliphatic carbocycles. The normalized spacial score (nSPS) is 9.53. The summed E-state index contributed by atoms with van der Waals surface area (Å²) in [6.07, 6.45) is 8.57. The minimum atomic E-state index is 0.152. The molecule has 7 heteroatoms. The van der Waals surface area contributed by atoms with E-state index in [-0.39, 0.29) is 5.75 Å². The largest absolute Gasteiger partial charge is 0.508 e. The Morgan fingerprint density at radius 3 is 1.89 bits per heavy atom. The molecule has 232 valence electrons. The lowest BCUT2D eigenvalue weighted by Gasteiger charge is -2.12. The molecular weight excluding hydrogens is 568 g/mol. The maximum atomic E-state index is 11.1. The highest BCUT2D eigenvalue weighted by Gasteiger charge is 2.08. The number of rotatable bonds is 14. The van der Waals surface area contributed by atoms with Crippen LogP contribution in [-0.2, 0) is 19.4 Å². The number of phenols is 1. The van der Waals surface area contributed by atoms with Crippen LogP contribution in [0.5, 0.6) is 23.0 Å². The van der Waals surface area contributed by atoms with E-state index < -0.39 is 0 Å². The lowest BCUT2D eigenvalue weighted by Crippen LogP contribution is -2.01. The molecule has 0 saturated heterocycles. The molecule has 0 unspecified atom stereocenters. The summed E-state index contributed by atoms with van der Waals surface area (Å²) in [6.45, 7) is 11.7. The van der Waals surface area contributed by atoms with Crippen LogP contribution < -0.4 is 14.2 Å². The van der Waals surface area contributed by atoms with Crippen molar-refractivity contribution in [2.75, 3.05) is 13.7 Å². The molecule has 0 radical (unpaired) electrons. The fourth-order valence-electron chi connectivity index (χ4n) is 3.98. The Morgan fingerprint density at radius 2 is 1.29 bits per heavy atom. The highest BCUT2D eigenvalue weighted by Crippen LogP contribution is 2.24. The van der Waals surface area contributed by atoms with Gasteiger partial charge in [-0.25, -0.2) is 0 Å². The fourth-order valence-corrected chi connectivity index (χ4v) is 3.98. The Labute approximate surface area is 264 Å². The number of hydrogen-bond donors (Lipinski definition) is 1. The van der Waals surface area contributed by atoms with Crippen molar-refractivity contribution in [2.45, 2.75) is 19.4 Å². The monoisotopic (exact) mass is 606 g/mol. The Hall–Kier alpha value is -5.69. The predicted molar refractivity (Wildman–Crippen MR) is 178 cm³/mol. The summed E-state index contributed by atoms with van der Waals surface area (Å²) in [5.74, 6) is 2.38. The summed E-state index contributed by atoms with van der Waals surface area (Å²) in [4.78, 5) is 32.0. The summed E-state index contributed by atoms with van der Waals surface area (Å²) in [7, 11) is 1.64. The van der Waals surface area contributed by atoms with E-state index in [9.17, 15) is 19.5 Å². The quantitative estimate of drug-likeness (QED) is 0.115. The van der Waals surface area contributed by atoms with Crippen molar-refractivity contribution in [3.05, 3.63) is 156 Å². The number of carbonyl (C=O) groups excluding carboxylic acids is 3. The number of hydrogen-bond acceptors (Lipinski definition) is 7. The van der Waals surface area contributed by atoms with Gasteiger partial charge >= 0.3 is 0 Å². The number of benzene rings is 4. The van der Waals surface area contributed by atoms with Crippen LogP contribution in [0.25, 0.3) is 0 Å². The van der Waals surface area contributed by atoms with Crippen molar-refractivity contribution < 1.29 is 33.7 Å². The van der Waals surface area contributed by atoms with Gasteiger partial charge in [-0.15, -0.1) is 13.2 Å². The zero-order valence-corrected chi connectivity index (χ0v) is 25.4. The topological polar surface area (TPSA) is 99.1 Å². The van der Waals surface area contributed by atoms with E-state index in [4.69, 9.17) is 14.2 Å². The van der Waals surface area contributed by atoms with Gasteiger partial charge in [-0.2, -0.15) is 0 Å². The molecule has 7 nitrogen and oxygen atoms in total. The van der Waals surface area contributed by atoms with Crippen molar-refractivity contribution in [3.63, 3.8) is 0 Å². The number of carbonyl (C=O) groups is 3. The number of aldehydes is 3. The lowest BCUT2D eigenvalue weighted by molar-refractivity contribution is 0.111. The van der Waals surface area contributed by atoms with Gasteiger partial charge in [-0.05, 0) is 54.8 Å². The van der Waals surface area contributed by atoms with Gasteiger partial charge in [0.15, 0.2) is 0 Å². The van der Waals surface area contributed by atoms with E-state index in [0.717, 1.165) is 41.5 Å². The van der Waals surface area contributed by atoms with Crippen molar-refractivity contribution >= 4 is 18.9 Å². The SMILES string of the molecule is C=CCOc1cccc(C=O)c1.C=CCc1c(C=O)cccc1OCc1ccc(OC)cc1.C=CCc1c(O)cccc1C=O. The van der Waals surface area contributed by atoms with E-state index in [1.807, 2.05) is 36.4 Å². The molecule has 4 rings (SSSR count). The maximum absolute atomic E-state index is 11.1. The van der Waals surface area contributed by atoms with Gasteiger partial charge in [0.1, 0.15) is 55.1 Å². The number of aromatic hydroxyl groups is 1. The van der Waals surface area contributed by atoms with Crippen LogP contribution >= 0.6 is 0 Å². The minimum Gasteiger partial charge on any atom is -0.508 e. The van der Waals surface area contributed by atoms with Gasteiger partial charge in [-0.1, -0.05) is 73.3 Å². The molecule has 0 aromatic heterocycles. The van der Waals surface area contributed by atoms with Gasteiger partial charge in [0.25, 0.3) is 0 Å². The molecule has 0 heterocycles. The molecule has 0 atom stereocenters. The molecule has 0 spiro atoms. The van der Waals surface area contributed by atoms with Crippen molar-refractivity contribution in [3.8, 4) is 23.0 Å². The van der Waals surface area contributed by atoms with Crippen LogP contribution in [0.1, 0.15) is 47.8 Å². The average Bonchev–Trinajstić information content (AvgIpc) is 3.08. The molecular formula is C38H38O7. The zero-order chi connectivity index (χ0) is 32.9. The molecule has 45 heavy (non-hydrogen) atoms. The van der Waals surface area contributed by atoms with Crippen LogP contribution in [0, 0.1) is 0 Å². The molecule has 0 amide bonds. The Bertz CT molecular complexity index is 1560. The highest BCUT2D eigenvalue weighted by atomic mass is 16.5. The molecule has 4 aromatic carbocycles. The van der Waals surface area contributed by atoms with Crippen molar-refractivity contribution in [1.82, 2.24) is 0 Å². The van der Waals surface area contributed by atoms with Gasteiger partial charge in [-0.3, -0.25) is 14.4 Å².